The fraction of sp³-hybridized carbons (Fsp3) is 0.611. The second-order valence-electron chi connectivity index (χ2n) is 7.26. The standard InChI is InChI=1S/C18H23N3O4/c22-15-10-25-18(11-19-15)5-7-21(8-6-18)17(24)13-9-12-3-1-2-4-14(12)20-16(13)23/h9H,1-8,10-11H2,(H,19,22)(H,20,23). The number of pyridine rings is 1. The second-order valence-corrected chi connectivity index (χ2v) is 7.26. The first-order valence-electron chi connectivity index (χ1n) is 9.01. The number of nitrogens with one attached hydrogen (secondary N) is 2. The summed E-state index contributed by atoms with van der Waals surface area (Å²) in [5.74, 6) is -0.297. The molecule has 0 unspecified atom stereocenters. The van der Waals surface area contributed by atoms with Crippen molar-refractivity contribution in [2.75, 3.05) is 26.2 Å². The van der Waals surface area contributed by atoms with E-state index in [1.807, 2.05) is 0 Å². The Bertz CT molecular complexity index is 750. The van der Waals surface area contributed by atoms with Gasteiger partial charge in [0.05, 0.1) is 5.60 Å². The SMILES string of the molecule is O=C1COC2(CCN(C(=O)c3cc4c([nH]c3=O)CCCC4)CC2)CN1. The molecule has 7 heteroatoms. The van der Waals surface area contributed by atoms with Gasteiger partial charge in [0.25, 0.3) is 11.5 Å². The maximum absolute atomic E-state index is 12.8. The van der Waals surface area contributed by atoms with E-state index in [0.29, 0.717) is 32.5 Å². The van der Waals surface area contributed by atoms with Crippen LogP contribution in [-0.4, -0.2) is 53.5 Å². The highest BCUT2D eigenvalue weighted by atomic mass is 16.5. The minimum atomic E-state index is -0.368. The summed E-state index contributed by atoms with van der Waals surface area (Å²) in [6.45, 7) is 1.64. The van der Waals surface area contributed by atoms with Crippen LogP contribution in [0.4, 0.5) is 0 Å². The Balaban J connectivity index is 1.47. The summed E-state index contributed by atoms with van der Waals surface area (Å²) < 4.78 is 5.73. The number of amides is 2. The zero-order valence-electron chi connectivity index (χ0n) is 14.2. The number of hydrogen-bond acceptors (Lipinski definition) is 4. The third-order valence-electron chi connectivity index (χ3n) is 5.65. The van der Waals surface area contributed by atoms with Gasteiger partial charge in [0.1, 0.15) is 12.2 Å². The number of fused-ring (bicyclic) bond motifs is 1. The van der Waals surface area contributed by atoms with Crippen LogP contribution >= 0.6 is 0 Å². The fourth-order valence-electron chi connectivity index (χ4n) is 4.02. The van der Waals surface area contributed by atoms with Gasteiger partial charge in [-0.1, -0.05) is 0 Å². The van der Waals surface area contributed by atoms with Crippen molar-refractivity contribution in [3.63, 3.8) is 0 Å². The van der Waals surface area contributed by atoms with E-state index in [1.54, 1.807) is 11.0 Å². The molecule has 2 amide bonds. The molecule has 3 aliphatic rings. The molecule has 1 aliphatic carbocycles. The Morgan fingerprint density at radius 1 is 1.16 bits per heavy atom. The van der Waals surface area contributed by atoms with Crippen LogP contribution in [0.1, 0.15) is 47.3 Å². The third kappa shape index (κ3) is 3.08. The van der Waals surface area contributed by atoms with E-state index < -0.39 is 0 Å². The number of aromatic amines is 1. The number of aromatic nitrogens is 1. The lowest BCUT2D eigenvalue weighted by Gasteiger charge is -2.43. The first-order valence-corrected chi connectivity index (χ1v) is 9.01. The Labute approximate surface area is 145 Å². The summed E-state index contributed by atoms with van der Waals surface area (Å²) in [5, 5.41) is 2.84. The number of H-pyrrole nitrogens is 1. The molecule has 0 bridgehead atoms. The van der Waals surface area contributed by atoms with Gasteiger partial charge in [-0.15, -0.1) is 0 Å². The zero-order valence-corrected chi connectivity index (χ0v) is 14.2. The molecule has 4 rings (SSSR count). The van der Waals surface area contributed by atoms with Crippen LogP contribution in [-0.2, 0) is 22.4 Å². The van der Waals surface area contributed by atoms with E-state index in [-0.39, 0.29) is 35.1 Å². The van der Waals surface area contributed by atoms with E-state index in [4.69, 9.17) is 4.74 Å². The molecule has 2 fully saturated rings. The van der Waals surface area contributed by atoms with E-state index in [1.165, 1.54) is 0 Å². The molecule has 1 aromatic rings. The lowest BCUT2D eigenvalue weighted by Crippen LogP contribution is -2.58. The molecular weight excluding hydrogens is 322 g/mol. The van der Waals surface area contributed by atoms with Gasteiger partial charge in [0.15, 0.2) is 0 Å². The number of carbonyl (C=O) groups is 2. The van der Waals surface area contributed by atoms with Crippen molar-refractivity contribution in [3.05, 3.63) is 33.2 Å². The van der Waals surface area contributed by atoms with Crippen molar-refractivity contribution >= 4 is 11.8 Å². The number of carbonyl (C=O) groups excluding carboxylic acids is 2. The maximum atomic E-state index is 12.8. The molecule has 3 heterocycles. The topological polar surface area (TPSA) is 91.5 Å². The Morgan fingerprint density at radius 3 is 2.64 bits per heavy atom. The summed E-state index contributed by atoms with van der Waals surface area (Å²) in [5.41, 5.74) is 1.67. The van der Waals surface area contributed by atoms with Gasteiger partial charge >= 0.3 is 0 Å². The number of hydrogen-bond donors (Lipinski definition) is 2. The molecule has 0 radical (unpaired) electrons. The number of likely N-dealkylation sites (tertiary alicyclic amines) is 1. The quantitative estimate of drug-likeness (QED) is 0.769. The molecular formula is C18H23N3O4. The van der Waals surface area contributed by atoms with E-state index in [2.05, 4.69) is 10.3 Å². The van der Waals surface area contributed by atoms with Crippen molar-refractivity contribution in [3.8, 4) is 0 Å². The smallest absolute Gasteiger partial charge is 0.261 e. The average Bonchev–Trinajstić information content (AvgIpc) is 2.64. The van der Waals surface area contributed by atoms with Crippen molar-refractivity contribution in [2.24, 2.45) is 0 Å². The Hall–Kier alpha value is -2.15. The summed E-state index contributed by atoms with van der Waals surface area (Å²) in [6, 6.07) is 1.79. The number of aryl methyl sites for hydroxylation is 2. The van der Waals surface area contributed by atoms with Gasteiger partial charge < -0.3 is 19.9 Å². The highest BCUT2D eigenvalue weighted by Crippen LogP contribution is 2.28. The molecule has 1 aromatic heterocycles. The average molecular weight is 345 g/mol. The van der Waals surface area contributed by atoms with Crippen molar-refractivity contribution in [1.29, 1.82) is 0 Å². The van der Waals surface area contributed by atoms with Crippen molar-refractivity contribution in [1.82, 2.24) is 15.2 Å². The predicted molar refractivity (Wildman–Crippen MR) is 90.5 cm³/mol. The number of rotatable bonds is 1. The molecule has 2 saturated heterocycles. The number of nitrogens with zero attached hydrogens (tertiary/aromatic N) is 1. The van der Waals surface area contributed by atoms with E-state index >= 15 is 0 Å². The molecule has 0 aromatic carbocycles. The van der Waals surface area contributed by atoms with Gasteiger partial charge in [-0.2, -0.15) is 0 Å². The van der Waals surface area contributed by atoms with E-state index in [0.717, 1.165) is 36.9 Å². The number of ether oxygens (including phenoxy) is 1. The van der Waals surface area contributed by atoms with Crippen LogP contribution in [0.25, 0.3) is 0 Å². The van der Waals surface area contributed by atoms with Crippen LogP contribution in [0.15, 0.2) is 10.9 Å². The largest absolute Gasteiger partial charge is 0.363 e. The lowest BCUT2D eigenvalue weighted by molar-refractivity contribution is -0.149. The molecule has 134 valence electrons. The van der Waals surface area contributed by atoms with Crippen LogP contribution in [0, 0.1) is 0 Å². The van der Waals surface area contributed by atoms with Gasteiger partial charge in [-0.25, -0.2) is 0 Å². The van der Waals surface area contributed by atoms with Crippen molar-refractivity contribution in [2.45, 2.75) is 44.1 Å². The first-order chi connectivity index (χ1) is 12.1. The maximum Gasteiger partial charge on any atom is 0.261 e. The molecule has 2 N–H and O–H groups in total. The van der Waals surface area contributed by atoms with Crippen LogP contribution in [0.2, 0.25) is 0 Å². The minimum absolute atomic E-state index is 0.0818. The Kier molecular flexibility index (Phi) is 4.11. The van der Waals surface area contributed by atoms with Crippen LogP contribution in [0.5, 0.6) is 0 Å². The first kappa shape index (κ1) is 16.3. The lowest BCUT2D eigenvalue weighted by atomic mass is 9.89. The van der Waals surface area contributed by atoms with Gasteiger partial charge in [-0.05, 0) is 50.2 Å². The summed E-state index contributed by atoms with van der Waals surface area (Å²) in [6.07, 6.45) is 5.32. The van der Waals surface area contributed by atoms with E-state index in [9.17, 15) is 14.4 Å². The molecule has 1 spiro atoms. The molecule has 0 atom stereocenters. The summed E-state index contributed by atoms with van der Waals surface area (Å²) >= 11 is 0. The minimum Gasteiger partial charge on any atom is -0.363 e. The summed E-state index contributed by atoms with van der Waals surface area (Å²) in [7, 11) is 0. The molecule has 0 saturated carbocycles. The second kappa shape index (κ2) is 6.29. The van der Waals surface area contributed by atoms with Crippen molar-refractivity contribution < 1.29 is 14.3 Å². The highest BCUT2D eigenvalue weighted by molar-refractivity contribution is 5.94. The van der Waals surface area contributed by atoms with Gasteiger partial charge in [0, 0.05) is 25.3 Å². The fourth-order valence-corrected chi connectivity index (χ4v) is 4.02. The molecule has 25 heavy (non-hydrogen) atoms. The number of morpholine rings is 1. The number of piperidine rings is 1. The van der Waals surface area contributed by atoms with Crippen LogP contribution < -0.4 is 10.9 Å². The predicted octanol–water partition coefficient (Wildman–Crippen LogP) is 0.375. The zero-order chi connectivity index (χ0) is 17.4. The Morgan fingerprint density at radius 2 is 1.92 bits per heavy atom. The summed E-state index contributed by atoms with van der Waals surface area (Å²) in [4.78, 5) is 41.0. The molecule has 2 aliphatic heterocycles. The molecule has 7 nitrogen and oxygen atoms in total. The highest BCUT2D eigenvalue weighted by Gasteiger charge is 2.40. The van der Waals surface area contributed by atoms with Gasteiger partial charge in [0.2, 0.25) is 5.91 Å². The third-order valence-corrected chi connectivity index (χ3v) is 5.65. The van der Waals surface area contributed by atoms with Crippen LogP contribution in [0.3, 0.4) is 0 Å². The monoisotopic (exact) mass is 345 g/mol. The normalized spacial score (nSPS) is 22.4. The van der Waals surface area contributed by atoms with Gasteiger partial charge in [-0.3, -0.25) is 14.4 Å².